The van der Waals surface area contributed by atoms with Gasteiger partial charge in [-0.1, -0.05) is 11.6 Å². The summed E-state index contributed by atoms with van der Waals surface area (Å²) in [5.41, 5.74) is 3.46. The van der Waals surface area contributed by atoms with Gasteiger partial charge in [0.05, 0.1) is 44.7 Å². The van der Waals surface area contributed by atoms with Crippen LogP contribution >= 0.6 is 11.6 Å². The Labute approximate surface area is 304 Å². The van der Waals surface area contributed by atoms with Gasteiger partial charge in [0.1, 0.15) is 5.52 Å². The molecule has 2 saturated heterocycles. The highest BCUT2D eigenvalue weighted by molar-refractivity contribution is 6.31. The molecule has 51 heavy (non-hydrogen) atoms. The monoisotopic (exact) mass is 715 g/mol. The Morgan fingerprint density at radius 3 is 2.24 bits per heavy atom. The van der Waals surface area contributed by atoms with Gasteiger partial charge in [0.25, 0.3) is 5.91 Å². The van der Waals surface area contributed by atoms with E-state index in [1.54, 1.807) is 32.4 Å². The van der Waals surface area contributed by atoms with Crippen molar-refractivity contribution < 1.29 is 28.2 Å². The largest absolute Gasteiger partial charge is 0.493 e. The Balaban J connectivity index is 0.781. The van der Waals surface area contributed by atoms with Crippen LogP contribution in [0.1, 0.15) is 48.9 Å². The third-order valence-corrected chi connectivity index (χ3v) is 10.2. The smallest absolute Gasteiger partial charge is 0.256 e. The summed E-state index contributed by atoms with van der Waals surface area (Å²) < 4.78 is 29.3. The predicted molar refractivity (Wildman–Crippen MR) is 199 cm³/mol. The number of methoxy groups -OCH3 is 2. The van der Waals surface area contributed by atoms with Crippen LogP contribution in [-0.4, -0.2) is 111 Å². The van der Waals surface area contributed by atoms with Crippen molar-refractivity contribution in [3.63, 3.8) is 0 Å². The highest BCUT2D eigenvalue weighted by atomic mass is 35.5. The first kappa shape index (κ1) is 35.1. The molecule has 7 rings (SSSR count). The molecule has 11 nitrogen and oxygen atoms in total. The Bertz CT molecular complexity index is 1860. The number of rotatable bonds is 15. The molecule has 12 heteroatoms. The maximum absolute atomic E-state index is 13.1. The number of aliphatic imine (C=N–C) groups is 1. The van der Waals surface area contributed by atoms with E-state index in [2.05, 4.69) is 19.8 Å². The van der Waals surface area contributed by atoms with Crippen molar-refractivity contribution in [1.82, 2.24) is 19.7 Å². The molecule has 1 unspecified atom stereocenters. The summed E-state index contributed by atoms with van der Waals surface area (Å²) in [6.45, 7) is 8.44. The lowest BCUT2D eigenvalue weighted by molar-refractivity contribution is 0.0774. The van der Waals surface area contributed by atoms with Crippen LogP contribution < -0.4 is 18.9 Å². The number of oxazole rings is 1. The first-order valence-corrected chi connectivity index (χ1v) is 18.4. The number of hydrogen-bond acceptors (Lipinski definition) is 10. The fraction of sp³-hybridized carbons (Fsp3) is 0.462. The average Bonchev–Trinajstić information content (AvgIpc) is 3.78. The van der Waals surface area contributed by atoms with E-state index in [4.69, 9.17) is 35.0 Å². The Hall–Kier alpha value is -4.32. The van der Waals surface area contributed by atoms with Gasteiger partial charge in [0, 0.05) is 61.7 Å². The van der Waals surface area contributed by atoms with Gasteiger partial charge in [0.2, 0.25) is 5.89 Å². The standard InChI is InChI=1S/C39H46ClN5O6/c1-47-35-22-27(38-42-31-11-10-28(40)23-34(31)51-38)9-12-33(35)49-20-5-3-13-43-16-18-44(19-17-43)14-4-6-21-50-37-25-32-30(24-36(37)48-2)39(46)45-15-7-8-29(45)26-41-32/h9-12,22-26,29H,3-8,13-21H2,1-2H3. The molecular weight excluding hydrogens is 670 g/mol. The van der Waals surface area contributed by atoms with Gasteiger partial charge >= 0.3 is 0 Å². The molecule has 1 aromatic heterocycles. The van der Waals surface area contributed by atoms with Gasteiger partial charge < -0.3 is 38.1 Å². The summed E-state index contributed by atoms with van der Waals surface area (Å²) in [6.07, 6.45) is 7.93. The predicted octanol–water partition coefficient (Wildman–Crippen LogP) is 7.12. The number of piperazine rings is 1. The zero-order chi connectivity index (χ0) is 35.2. The van der Waals surface area contributed by atoms with Gasteiger partial charge in [0.15, 0.2) is 28.6 Å². The minimum Gasteiger partial charge on any atom is -0.493 e. The third-order valence-electron chi connectivity index (χ3n) is 9.94. The lowest BCUT2D eigenvalue weighted by atomic mass is 10.1. The molecule has 2 fully saturated rings. The van der Waals surface area contributed by atoms with Crippen molar-refractivity contribution in [3.8, 4) is 34.5 Å². The van der Waals surface area contributed by atoms with Crippen LogP contribution in [0.5, 0.6) is 23.0 Å². The first-order valence-electron chi connectivity index (χ1n) is 18.0. The Morgan fingerprint density at radius 2 is 1.51 bits per heavy atom. The number of carbonyl (C=O) groups is 1. The first-order chi connectivity index (χ1) is 25.0. The number of amides is 1. The van der Waals surface area contributed by atoms with Crippen LogP contribution in [0.25, 0.3) is 22.6 Å². The molecule has 0 radical (unpaired) electrons. The van der Waals surface area contributed by atoms with E-state index in [0.29, 0.717) is 64.0 Å². The van der Waals surface area contributed by atoms with E-state index in [0.717, 1.165) is 95.4 Å². The summed E-state index contributed by atoms with van der Waals surface area (Å²) in [4.78, 5) is 29.3. The Morgan fingerprint density at radius 1 is 0.804 bits per heavy atom. The van der Waals surface area contributed by atoms with Crippen LogP contribution in [0.3, 0.4) is 0 Å². The molecular formula is C39H46ClN5O6. The van der Waals surface area contributed by atoms with Crippen LogP contribution in [0.2, 0.25) is 5.02 Å². The maximum atomic E-state index is 13.1. The highest BCUT2D eigenvalue weighted by Crippen LogP contribution is 2.38. The molecule has 4 aromatic rings. The molecule has 0 aliphatic carbocycles. The summed E-state index contributed by atoms with van der Waals surface area (Å²) in [7, 11) is 3.26. The van der Waals surface area contributed by atoms with Crippen LogP contribution in [-0.2, 0) is 0 Å². The number of aromatic nitrogens is 1. The average molecular weight is 716 g/mol. The second kappa shape index (κ2) is 16.4. The Kier molecular flexibility index (Phi) is 11.3. The number of hydrogen-bond donors (Lipinski definition) is 0. The number of ether oxygens (including phenoxy) is 4. The van der Waals surface area contributed by atoms with Crippen LogP contribution in [0, 0.1) is 0 Å². The summed E-state index contributed by atoms with van der Waals surface area (Å²) in [6, 6.07) is 14.9. The van der Waals surface area contributed by atoms with Crippen molar-refractivity contribution in [2.24, 2.45) is 4.99 Å². The summed E-state index contributed by atoms with van der Waals surface area (Å²) >= 11 is 6.09. The van der Waals surface area contributed by atoms with E-state index in [1.807, 2.05) is 41.4 Å². The van der Waals surface area contributed by atoms with Gasteiger partial charge in [-0.15, -0.1) is 0 Å². The van der Waals surface area contributed by atoms with E-state index in [1.165, 1.54) is 0 Å². The van der Waals surface area contributed by atoms with E-state index >= 15 is 0 Å². The van der Waals surface area contributed by atoms with Crippen molar-refractivity contribution >= 4 is 40.5 Å². The fourth-order valence-corrected chi connectivity index (χ4v) is 7.20. The number of halogens is 1. The molecule has 1 atom stereocenters. The summed E-state index contributed by atoms with van der Waals surface area (Å²) in [5, 5.41) is 0.611. The SMILES string of the molecule is COc1cc(-c2nc3ccc(Cl)cc3o2)ccc1OCCCCN1CCN(CCCCOc2cc3c(cc2OC)C(=O)N2CCCC2C=N3)CC1. The van der Waals surface area contributed by atoms with Crippen molar-refractivity contribution in [2.75, 3.05) is 73.2 Å². The molecule has 1 amide bonds. The maximum Gasteiger partial charge on any atom is 0.256 e. The van der Waals surface area contributed by atoms with Crippen molar-refractivity contribution in [3.05, 3.63) is 59.1 Å². The van der Waals surface area contributed by atoms with Crippen molar-refractivity contribution in [1.29, 1.82) is 0 Å². The van der Waals surface area contributed by atoms with Crippen LogP contribution in [0.15, 0.2) is 57.9 Å². The third kappa shape index (κ3) is 8.27. The van der Waals surface area contributed by atoms with E-state index in [-0.39, 0.29) is 11.9 Å². The van der Waals surface area contributed by atoms with E-state index < -0.39 is 0 Å². The van der Waals surface area contributed by atoms with Gasteiger partial charge in [-0.25, -0.2) is 4.98 Å². The zero-order valence-electron chi connectivity index (χ0n) is 29.4. The second-order valence-corrected chi connectivity index (χ2v) is 13.7. The molecule has 0 N–H and O–H groups in total. The van der Waals surface area contributed by atoms with Gasteiger partial charge in [-0.3, -0.25) is 9.79 Å². The van der Waals surface area contributed by atoms with E-state index in [9.17, 15) is 4.79 Å². The summed E-state index contributed by atoms with van der Waals surface area (Å²) in [5.74, 6) is 3.12. The number of unbranched alkanes of at least 4 members (excludes halogenated alkanes) is 2. The molecule has 0 saturated carbocycles. The topological polar surface area (TPSA) is 102 Å². The van der Waals surface area contributed by atoms with Gasteiger partial charge in [-0.2, -0.15) is 0 Å². The molecule has 3 aliphatic heterocycles. The molecule has 4 heterocycles. The molecule has 3 aromatic carbocycles. The molecule has 270 valence electrons. The number of nitrogens with zero attached hydrogens (tertiary/aromatic N) is 5. The minimum atomic E-state index is 0.0219. The molecule has 0 bridgehead atoms. The number of benzene rings is 3. The minimum absolute atomic E-state index is 0.0219. The highest BCUT2D eigenvalue weighted by Gasteiger charge is 2.32. The normalized spacial score (nSPS) is 17.7. The zero-order valence-corrected chi connectivity index (χ0v) is 30.2. The van der Waals surface area contributed by atoms with Crippen molar-refractivity contribution in [2.45, 2.75) is 44.6 Å². The molecule has 0 spiro atoms. The van der Waals surface area contributed by atoms with Crippen LogP contribution in [0.4, 0.5) is 5.69 Å². The quantitative estimate of drug-likeness (QED) is 0.119. The number of carbonyl (C=O) groups excluding carboxylic acids is 1. The fourth-order valence-electron chi connectivity index (χ4n) is 7.04. The number of fused-ring (bicyclic) bond motifs is 3. The lowest BCUT2D eigenvalue weighted by Crippen LogP contribution is -2.46. The molecule has 3 aliphatic rings. The second-order valence-electron chi connectivity index (χ2n) is 13.3. The van der Waals surface area contributed by atoms with Gasteiger partial charge in [-0.05, 0) is 88.0 Å². The lowest BCUT2D eigenvalue weighted by Gasteiger charge is -2.34.